The average Bonchev–Trinajstić information content (AvgIpc) is 0.728. The van der Waals surface area contributed by atoms with Crippen molar-refractivity contribution in [3.8, 4) is 52.0 Å². The Hall–Kier alpha value is -6.63. The zero-order chi connectivity index (χ0) is 74.5. The number of carbonyl (C=O) groups is 3. The van der Waals surface area contributed by atoms with Crippen LogP contribution in [0.2, 0.25) is 0 Å². The number of likely N-dealkylation sites (N-methyl/N-ethyl adjacent to an activating group) is 2. The van der Waals surface area contributed by atoms with Crippen molar-refractivity contribution in [3.05, 3.63) is 168 Å². The molecule has 5 aromatic rings. The number of fused-ring (bicyclic) bond motifs is 20. The van der Waals surface area contributed by atoms with Gasteiger partial charge in [0.05, 0.1) is 53.4 Å². The Morgan fingerprint density at radius 2 is 1.30 bits per heavy atom. The van der Waals surface area contributed by atoms with E-state index < -0.39 is 47.5 Å². The minimum Gasteiger partial charge on any atom is -0.507 e. The van der Waals surface area contributed by atoms with E-state index in [0.717, 1.165) is 61.6 Å². The van der Waals surface area contributed by atoms with Gasteiger partial charge in [-0.1, -0.05) is 80.1 Å². The predicted molar refractivity (Wildman–Crippen MR) is 397 cm³/mol. The zero-order valence-electron chi connectivity index (χ0n) is 62.8. The van der Waals surface area contributed by atoms with E-state index in [-0.39, 0.29) is 173 Å². The third kappa shape index (κ3) is 12.8. The number of phenols is 1. The number of nitriles is 2. The minimum absolute atomic E-state index is 0. The molecule has 9 aliphatic heterocycles. The summed E-state index contributed by atoms with van der Waals surface area (Å²) < 4.78 is 59.4. The second-order valence-corrected chi connectivity index (χ2v) is 32.3. The molecule has 0 saturated carbocycles. The maximum Gasteiger partial charge on any atom is 0.309 e. The molecule has 106 heavy (non-hydrogen) atoms. The summed E-state index contributed by atoms with van der Waals surface area (Å²) in [6.45, 7) is 22.9. The number of hydrogen-bond acceptors (Lipinski definition) is 23. The number of Topliss-reactive ketones (excluding diaryl/α,β-unsaturated/α-hetero) is 1. The zero-order valence-corrected chi connectivity index (χ0v) is 69.2. The molecular weight excluding hydrogens is 1600 g/mol. The van der Waals surface area contributed by atoms with Gasteiger partial charge in [0.2, 0.25) is 13.6 Å². The van der Waals surface area contributed by atoms with Crippen LogP contribution in [0.5, 0.6) is 28.7 Å². The molecule has 5 saturated heterocycles. The number of aliphatic hydroxyl groups is 1. The second kappa shape index (κ2) is 31.0. The van der Waals surface area contributed by atoms with Crippen LogP contribution in [-0.2, 0) is 55.6 Å². The number of aromatic hydroxyl groups is 1. The van der Waals surface area contributed by atoms with E-state index in [2.05, 4.69) is 120 Å². The minimum atomic E-state index is -2.00. The number of cyclic esters (lactones) is 1. The third-order valence-electron chi connectivity index (χ3n) is 23.5. The number of hydrogen-bond donors (Lipinski definition) is 2. The Labute approximate surface area is 665 Å². The molecule has 21 nitrogen and oxygen atoms in total. The topological polar surface area (TPSA) is 245 Å². The number of aryl methyl sites for hydroxylation is 2. The summed E-state index contributed by atoms with van der Waals surface area (Å²) in [4.78, 5) is 50.3. The van der Waals surface area contributed by atoms with Crippen molar-refractivity contribution < 1.29 is 116 Å². The first kappa shape index (κ1) is 77.5. The molecule has 24 heteroatoms. The molecule has 0 spiro atoms. The molecule has 5 fully saturated rings. The Morgan fingerprint density at radius 1 is 0.755 bits per heavy atom. The smallest absolute Gasteiger partial charge is 0.309 e. The number of thioether (sulfide) groups is 2. The number of carbonyl (C=O) groups excluding carboxylic acids is 3. The first-order chi connectivity index (χ1) is 50.4. The fraction of sp³-hybridized carbons (Fsp3) is 0.500. The van der Waals surface area contributed by atoms with Crippen LogP contribution in [0, 0.1) is 113 Å². The Bertz CT molecular complexity index is 4480. The van der Waals surface area contributed by atoms with Gasteiger partial charge in [-0.2, -0.15) is 34.0 Å². The first-order valence-corrected chi connectivity index (χ1v) is 38.4. The Kier molecular flexibility index (Phi) is 22.7. The molecule has 11 aliphatic rings. The van der Waals surface area contributed by atoms with Crippen molar-refractivity contribution in [1.82, 2.24) is 19.6 Å². The summed E-state index contributed by atoms with van der Waals surface area (Å²) >= 11 is 3.36. The Balaban J connectivity index is 0.000000184. The molecule has 2 aliphatic carbocycles. The van der Waals surface area contributed by atoms with Crippen LogP contribution in [0.3, 0.4) is 0 Å². The van der Waals surface area contributed by atoms with E-state index in [1.54, 1.807) is 44.7 Å². The summed E-state index contributed by atoms with van der Waals surface area (Å²) in [5, 5.41) is 46.3. The molecule has 5 aromatic carbocycles. The maximum absolute atomic E-state index is 14.4. The van der Waals surface area contributed by atoms with Crippen LogP contribution in [0.1, 0.15) is 143 Å². The molecule has 557 valence electrons. The van der Waals surface area contributed by atoms with Crippen molar-refractivity contribution in [1.29, 1.82) is 10.5 Å². The summed E-state index contributed by atoms with van der Waals surface area (Å²) in [5.74, 6) is 3.53. The molecule has 0 aromatic heterocycles. The van der Waals surface area contributed by atoms with Gasteiger partial charge in [0.1, 0.15) is 42.5 Å². The molecule has 2 N–H and O–H groups in total. The van der Waals surface area contributed by atoms with Gasteiger partial charge in [0.25, 0.3) is 0 Å². The number of nitrogens with zero attached hydrogens (tertiary/aromatic N) is 6. The van der Waals surface area contributed by atoms with E-state index in [9.17, 15) is 35.1 Å². The summed E-state index contributed by atoms with van der Waals surface area (Å²) in [6, 6.07) is 22.4. The van der Waals surface area contributed by atoms with Crippen molar-refractivity contribution in [3.63, 3.8) is 0 Å². The van der Waals surface area contributed by atoms with Gasteiger partial charge in [0.15, 0.2) is 48.0 Å². The predicted octanol–water partition coefficient (Wildman–Crippen LogP) is 11.9. The van der Waals surface area contributed by atoms with Crippen LogP contribution >= 0.6 is 23.5 Å². The van der Waals surface area contributed by atoms with Crippen molar-refractivity contribution >= 4 is 41.2 Å². The normalized spacial score (nSPS) is 27.9. The molecule has 14 atom stereocenters. The van der Waals surface area contributed by atoms with Crippen LogP contribution in [0.4, 0.5) is 0 Å². The Morgan fingerprint density at radius 3 is 1.90 bits per heavy atom. The third-order valence-corrected chi connectivity index (χ3v) is 26.4. The van der Waals surface area contributed by atoms with Gasteiger partial charge in [0, 0.05) is 151 Å². The summed E-state index contributed by atoms with van der Waals surface area (Å²) in [6.07, 6.45) is 1.22. The van der Waals surface area contributed by atoms with Crippen LogP contribution in [0.15, 0.2) is 95.5 Å². The quantitative estimate of drug-likeness (QED) is 0.0632. The number of allylic oxidation sites excluding steroid dienone is 1. The standard InChI is InChI=1S/C46H49N3O8S.C32H37N3O7S.C4H8.Ac/c1-24-15-28-16-34-36(18-47)49-35(40(48(34)5)38(28)41(26(24)3)55-22-53-6)17-46(52)39(43-42(56-23-57-43)27(4)44(46)50)37(49)19-54-45(51)25(2)20-58-21-33-31-13-9-7-11-29(31)30-12-8-10-14-32(30)33;1-14-7-18-8-19-20(9-33)35-21-10-39-32(37)15(2)11-43-31(24-23(21)30-29(41-13-42-30)17(4)27(24)36)26(35)25(34(19)5)22(18)28(16(14)3)40-12-38-6;1-4(2)3;/h7-15,25,33-37,40,52H,16-17,19-23H2,1-6H3;7,15,19-21,25-26,31,36H,8,10-13H2,1-6H3;1H2,2-3H3;/t25-,34+,35?,36+,37+,40+,46?;15-,19+,20+,21+,25-,26?,31-;;/m11../s1. The average molecular weight is 1690 g/mol. The van der Waals surface area contributed by atoms with Crippen molar-refractivity contribution in [2.75, 3.05) is 86.0 Å². The van der Waals surface area contributed by atoms with E-state index in [0.29, 0.717) is 52.7 Å². The first-order valence-electron chi connectivity index (χ1n) is 36.2. The number of ketones is 1. The fourth-order valence-electron chi connectivity index (χ4n) is 18.6. The van der Waals surface area contributed by atoms with Crippen molar-refractivity contribution in [2.45, 2.75) is 166 Å². The van der Waals surface area contributed by atoms with Crippen LogP contribution in [0.25, 0.3) is 11.1 Å². The number of phenolic OH excluding ortho intramolecular Hbond substituents is 1. The van der Waals surface area contributed by atoms with Crippen molar-refractivity contribution in [2.24, 2.45) is 11.8 Å². The van der Waals surface area contributed by atoms with Gasteiger partial charge < -0.3 is 57.6 Å². The maximum atomic E-state index is 14.4. The fourth-order valence-corrected chi connectivity index (χ4v) is 21.3. The molecule has 1 radical (unpaired) electrons. The van der Waals surface area contributed by atoms with Gasteiger partial charge in [-0.25, -0.2) is 0 Å². The molecule has 3 unspecified atom stereocenters. The largest absolute Gasteiger partial charge is 0.507 e. The van der Waals surface area contributed by atoms with E-state index in [4.69, 9.17) is 47.4 Å². The molecule has 6 bridgehead atoms. The summed E-state index contributed by atoms with van der Waals surface area (Å²) in [7, 11) is 7.30. The monoisotopic (exact) mass is 1690 g/mol. The SMILES string of the molecule is C=C(C)C.COCOc1c(C)c(C)cc2c1[C@@H]1C3CC4(O)C(=O)C(C)=C5OCOC5=C4[C@H](COC(=O)[C@H](C)CSCC4c5ccccc5-c5ccccc54)N3[C@@H](C#N)[C@H](C2)N1C.COCOc1c(C)c(C)cc2c1[C@@H]1C3[C@@H]4SC[C@@H](C)C(=O)OC[C@@H](c5c6c(c(C)c(O)c54)OCO6)N3[C@@H](C#N)[C@H](C2)N1C.[Ac]. The summed E-state index contributed by atoms with van der Waals surface area (Å²) in [5.41, 5.74) is 15.6. The van der Waals surface area contributed by atoms with E-state index in [1.165, 1.54) is 33.4 Å². The van der Waals surface area contributed by atoms with E-state index >= 15 is 0 Å². The van der Waals surface area contributed by atoms with E-state index in [1.807, 2.05) is 55.5 Å². The van der Waals surface area contributed by atoms with Crippen LogP contribution < -0.4 is 18.9 Å². The molecule has 9 heterocycles. The number of piperidine rings is 1. The number of rotatable bonds is 13. The molecule has 0 amide bonds. The number of piperazine rings is 2. The number of ether oxygens (including phenoxy) is 10. The molecule has 16 rings (SSSR count). The van der Waals surface area contributed by atoms with Gasteiger partial charge in [-0.05, 0) is 138 Å². The second-order valence-electron chi connectivity index (χ2n) is 30.1. The van der Waals surface area contributed by atoms with Gasteiger partial charge >= 0.3 is 11.9 Å². The van der Waals surface area contributed by atoms with Crippen LogP contribution in [-0.4, -0.2) is 181 Å². The number of esters is 2. The van der Waals surface area contributed by atoms with Gasteiger partial charge in [-0.3, -0.25) is 34.0 Å². The number of methoxy groups -OCH3 is 2. The number of benzene rings is 5. The van der Waals surface area contributed by atoms with Gasteiger partial charge in [-0.15, -0.1) is 6.58 Å². The molecular formula is C82H94AcN6O15S2.